The van der Waals surface area contributed by atoms with Crippen LogP contribution >= 0.6 is 0 Å². The van der Waals surface area contributed by atoms with E-state index in [2.05, 4.69) is 5.32 Å². The SMILES string of the molecule is CC(O)C1CCCN(C(=O)c2ccccc2NC(=O)C(C)(C)C)C1. The third kappa shape index (κ3) is 4.35. The molecule has 1 heterocycles. The molecule has 5 nitrogen and oxygen atoms in total. The lowest BCUT2D eigenvalue weighted by molar-refractivity contribution is -0.123. The van der Waals surface area contributed by atoms with Crippen LogP contribution < -0.4 is 5.32 Å². The summed E-state index contributed by atoms with van der Waals surface area (Å²) in [4.78, 5) is 27.0. The van der Waals surface area contributed by atoms with Crippen molar-refractivity contribution in [2.75, 3.05) is 18.4 Å². The molecule has 1 aliphatic rings. The average Bonchev–Trinajstić information content (AvgIpc) is 2.54. The molecule has 2 rings (SSSR count). The zero-order valence-electron chi connectivity index (χ0n) is 15.0. The molecule has 1 saturated heterocycles. The summed E-state index contributed by atoms with van der Waals surface area (Å²) in [7, 11) is 0. The molecular formula is C19H28N2O3. The second-order valence-electron chi connectivity index (χ2n) is 7.64. The molecule has 1 aromatic rings. The third-order valence-corrected chi connectivity index (χ3v) is 4.51. The van der Waals surface area contributed by atoms with Gasteiger partial charge in [-0.05, 0) is 31.9 Å². The number of para-hydroxylation sites is 1. The van der Waals surface area contributed by atoms with Gasteiger partial charge >= 0.3 is 0 Å². The van der Waals surface area contributed by atoms with Crippen molar-refractivity contribution in [2.24, 2.45) is 11.3 Å². The van der Waals surface area contributed by atoms with Gasteiger partial charge in [0.25, 0.3) is 5.91 Å². The molecule has 2 atom stereocenters. The number of nitrogens with one attached hydrogen (secondary N) is 1. The Hall–Kier alpha value is -1.88. The topological polar surface area (TPSA) is 69.6 Å². The van der Waals surface area contributed by atoms with E-state index >= 15 is 0 Å². The predicted octanol–water partition coefficient (Wildman–Crippen LogP) is 2.90. The number of benzene rings is 1. The zero-order chi connectivity index (χ0) is 17.9. The largest absolute Gasteiger partial charge is 0.393 e. The minimum Gasteiger partial charge on any atom is -0.393 e. The van der Waals surface area contributed by atoms with E-state index in [0.717, 1.165) is 12.8 Å². The normalized spacial score (nSPS) is 19.7. The average molecular weight is 332 g/mol. The molecule has 1 aromatic carbocycles. The second kappa shape index (κ2) is 7.34. The number of hydrogen-bond acceptors (Lipinski definition) is 3. The van der Waals surface area contributed by atoms with E-state index in [-0.39, 0.29) is 17.7 Å². The quantitative estimate of drug-likeness (QED) is 0.894. The summed E-state index contributed by atoms with van der Waals surface area (Å²) in [5, 5.41) is 12.7. The van der Waals surface area contributed by atoms with Gasteiger partial charge in [-0.2, -0.15) is 0 Å². The van der Waals surface area contributed by atoms with E-state index in [9.17, 15) is 14.7 Å². The van der Waals surface area contributed by atoms with Gasteiger partial charge in [-0.3, -0.25) is 9.59 Å². The first-order valence-corrected chi connectivity index (χ1v) is 8.58. The maximum Gasteiger partial charge on any atom is 0.255 e. The zero-order valence-corrected chi connectivity index (χ0v) is 15.0. The molecule has 2 amide bonds. The highest BCUT2D eigenvalue weighted by Gasteiger charge is 2.29. The number of nitrogens with zero attached hydrogens (tertiary/aromatic N) is 1. The van der Waals surface area contributed by atoms with Crippen LogP contribution in [0.1, 0.15) is 50.9 Å². The molecule has 0 radical (unpaired) electrons. The standard InChI is InChI=1S/C19H28N2O3/c1-13(22)14-8-7-11-21(12-14)17(23)15-9-5-6-10-16(15)20-18(24)19(2,3)4/h5-6,9-10,13-14,22H,7-8,11-12H2,1-4H3,(H,20,24). The molecule has 2 N–H and O–H groups in total. The molecule has 1 fully saturated rings. The fourth-order valence-corrected chi connectivity index (χ4v) is 2.85. The number of amides is 2. The highest BCUT2D eigenvalue weighted by molar-refractivity contribution is 6.04. The second-order valence-corrected chi connectivity index (χ2v) is 7.64. The number of piperidine rings is 1. The molecule has 132 valence electrons. The summed E-state index contributed by atoms with van der Waals surface area (Å²) in [6.07, 6.45) is 1.40. The number of rotatable bonds is 3. The Labute approximate surface area is 144 Å². The summed E-state index contributed by atoms with van der Waals surface area (Å²) < 4.78 is 0. The van der Waals surface area contributed by atoms with Crippen molar-refractivity contribution in [1.29, 1.82) is 0 Å². The van der Waals surface area contributed by atoms with Crippen molar-refractivity contribution in [3.8, 4) is 0 Å². The summed E-state index contributed by atoms with van der Waals surface area (Å²) in [5.74, 6) is -0.104. The van der Waals surface area contributed by atoms with Crippen molar-refractivity contribution in [3.05, 3.63) is 29.8 Å². The van der Waals surface area contributed by atoms with Crippen LogP contribution in [0.4, 0.5) is 5.69 Å². The first-order valence-electron chi connectivity index (χ1n) is 8.58. The lowest BCUT2D eigenvalue weighted by atomic mass is 9.92. The van der Waals surface area contributed by atoms with E-state index < -0.39 is 11.5 Å². The van der Waals surface area contributed by atoms with Gasteiger partial charge < -0.3 is 15.3 Å². The summed E-state index contributed by atoms with van der Waals surface area (Å²) >= 11 is 0. The van der Waals surface area contributed by atoms with Crippen LogP contribution in [0.2, 0.25) is 0 Å². The third-order valence-electron chi connectivity index (χ3n) is 4.51. The number of aliphatic hydroxyl groups is 1. The monoisotopic (exact) mass is 332 g/mol. The fraction of sp³-hybridized carbons (Fsp3) is 0.579. The van der Waals surface area contributed by atoms with E-state index in [1.54, 1.807) is 30.0 Å². The molecule has 2 unspecified atom stereocenters. The number of carbonyl (C=O) groups excluding carboxylic acids is 2. The Kier molecular flexibility index (Phi) is 5.65. The van der Waals surface area contributed by atoms with Crippen LogP contribution in [0, 0.1) is 11.3 Å². The van der Waals surface area contributed by atoms with Gasteiger partial charge in [0.1, 0.15) is 0 Å². The fourth-order valence-electron chi connectivity index (χ4n) is 2.85. The van der Waals surface area contributed by atoms with Gasteiger partial charge in [0.05, 0.1) is 17.4 Å². The van der Waals surface area contributed by atoms with E-state index in [1.165, 1.54) is 0 Å². The Morgan fingerprint density at radius 2 is 1.96 bits per heavy atom. The lowest BCUT2D eigenvalue weighted by Crippen LogP contribution is -2.43. The highest BCUT2D eigenvalue weighted by Crippen LogP contribution is 2.25. The molecule has 1 aliphatic heterocycles. The van der Waals surface area contributed by atoms with Crippen LogP contribution in [0.5, 0.6) is 0 Å². The molecule has 0 aliphatic carbocycles. The Morgan fingerprint density at radius 3 is 2.58 bits per heavy atom. The van der Waals surface area contributed by atoms with E-state index in [0.29, 0.717) is 24.3 Å². The van der Waals surface area contributed by atoms with Crippen molar-refractivity contribution in [1.82, 2.24) is 4.90 Å². The first kappa shape index (κ1) is 18.5. The van der Waals surface area contributed by atoms with Crippen LogP contribution in [0.15, 0.2) is 24.3 Å². The maximum absolute atomic E-state index is 12.9. The Balaban J connectivity index is 2.19. The number of aliphatic hydroxyl groups excluding tert-OH is 1. The molecule has 0 aromatic heterocycles. The lowest BCUT2D eigenvalue weighted by Gasteiger charge is -2.34. The van der Waals surface area contributed by atoms with Crippen LogP contribution in [-0.4, -0.2) is 41.0 Å². The van der Waals surface area contributed by atoms with Crippen LogP contribution in [0.25, 0.3) is 0 Å². The van der Waals surface area contributed by atoms with Crippen LogP contribution in [0.3, 0.4) is 0 Å². The Bertz CT molecular complexity index is 605. The summed E-state index contributed by atoms with van der Waals surface area (Å²) in [6, 6.07) is 7.11. The van der Waals surface area contributed by atoms with Gasteiger partial charge in [-0.15, -0.1) is 0 Å². The smallest absolute Gasteiger partial charge is 0.255 e. The van der Waals surface area contributed by atoms with E-state index in [1.807, 2.05) is 26.8 Å². The number of hydrogen-bond donors (Lipinski definition) is 2. The highest BCUT2D eigenvalue weighted by atomic mass is 16.3. The molecule has 24 heavy (non-hydrogen) atoms. The van der Waals surface area contributed by atoms with Gasteiger partial charge in [-0.25, -0.2) is 0 Å². The Morgan fingerprint density at radius 1 is 1.29 bits per heavy atom. The number of carbonyl (C=O) groups is 2. The minimum atomic E-state index is -0.529. The van der Waals surface area contributed by atoms with E-state index in [4.69, 9.17) is 0 Å². The van der Waals surface area contributed by atoms with Crippen molar-refractivity contribution in [2.45, 2.75) is 46.6 Å². The molecular weight excluding hydrogens is 304 g/mol. The molecule has 0 spiro atoms. The summed E-state index contributed by atoms with van der Waals surface area (Å²) in [6.45, 7) is 8.53. The van der Waals surface area contributed by atoms with Gasteiger partial charge in [0.15, 0.2) is 0 Å². The maximum atomic E-state index is 12.9. The van der Waals surface area contributed by atoms with Crippen molar-refractivity contribution >= 4 is 17.5 Å². The number of anilines is 1. The predicted molar refractivity (Wildman–Crippen MR) is 94.8 cm³/mol. The van der Waals surface area contributed by atoms with Crippen LogP contribution in [-0.2, 0) is 4.79 Å². The van der Waals surface area contributed by atoms with Gasteiger partial charge in [0.2, 0.25) is 5.91 Å². The summed E-state index contributed by atoms with van der Waals surface area (Å²) in [5.41, 5.74) is 0.515. The molecule has 0 saturated carbocycles. The molecule has 0 bridgehead atoms. The minimum absolute atomic E-state index is 0.0924. The van der Waals surface area contributed by atoms with Crippen molar-refractivity contribution in [3.63, 3.8) is 0 Å². The first-order chi connectivity index (χ1) is 11.2. The van der Waals surface area contributed by atoms with Gasteiger partial charge in [0, 0.05) is 24.4 Å². The molecule has 5 heteroatoms. The number of likely N-dealkylation sites (tertiary alicyclic amines) is 1. The van der Waals surface area contributed by atoms with Gasteiger partial charge in [-0.1, -0.05) is 32.9 Å². The van der Waals surface area contributed by atoms with Crippen molar-refractivity contribution < 1.29 is 14.7 Å².